The van der Waals surface area contributed by atoms with Gasteiger partial charge in [0.05, 0.1) is 12.4 Å². The number of hydrogen-bond acceptors (Lipinski definition) is 5. The number of aromatic nitrogens is 2. The van der Waals surface area contributed by atoms with Crippen LogP contribution in [0.3, 0.4) is 0 Å². The highest BCUT2D eigenvalue weighted by atomic mass is 16.2. The Kier molecular flexibility index (Phi) is 2.44. The van der Waals surface area contributed by atoms with E-state index in [9.17, 15) is 4.79 Å². The number of fused-ring (bicyclic) bond motifs is 2. The van der Waals surface area contributed by atoms with Crippen LogP contribution in [0.2, 0.25) is 0 Å². The van der Waals surface area contributed by atoms with Gasteiger partial charge in [-0.25, -0.2) is 15.8 Å². The van der Waals surface area contributed by atoms with Gasteiger partial charge in [0, 0.05) is 12.6 Å². The Morgan fingerprint density at radius 2 is 2.29 bits per heavy atom. The van der Waals surface area contributed by atoms with Gasteiger partial charge in [0.15, 0.2) is 5.82 Å². The molecular weight excluding hydrogens is 218 g/mol. The van der Waals surface area contributed by atoms with Crippen LogP contribution in [0.1, 0.15) is 29.8 Å². The molecule has 17 heavy (non-hydrogen) atoms. The van der Waals surface area contributed by atoms with Crippen molar-refractivity contribution in [3.05, 3.63) is 18.1 Å². The number of likely N-dealkylation sites (tertiary alicyclic amines) is 1. The number of nitrogens with one attached hydrogen (secondary N) is 1. The summed E-state index contributed by atoms with van der Waals surface area (Å²) >= 11 is 0. The molecule has 2 aliphatic rings. The fourth-order valence-corrected chi connectivity index (χ4v) is 2.83. The molecule has 1 aliphatic heterocycles. The van der Waals surface area contributed by atoms with Crippen molar-refractivity contribution >= 4 is 11.7 Å². The second-order valence-electron chi connectivity index (χ2n) is 4.72. The minimum Gasteiger partial charge on any atom is -0.334 e. The molecule has 0 aromatic carbocycles. The molecule has 3 N–H and O–H groups in total. The van der Waals surface area contributed by atoms with Crippen LogP contribution in [0.5, 0.6) is 0 Å². The third-order valence-electron chi connectivity index (χ3n) is 3.69. The third kappa shape index (κ3) is 1.74. The molecule has 1 aromatic rings. The minimum absolute atomic E-state index is 0.00623. The number of nitrogens with zero attached hydrogens (tertiary/aromatic N) is 3. The minimum atomic E-state index is -0.00623. The van der Waals surface area contributed by atoms with Gasteiger partial charge in [-0.05, 0) is 25.2 Å². The van der Waals surface area contributed by atoms with Crippen LogP contribution in [-0.4, -0.2) is 33.4 Å². The number of rotatable bonds is 2. The Morgan fingerprint density at radius 1 is 1.41 bits per heavy atom. The maximum Gasteiger partial charge on any atom is 0.274 e. The van der Waals surface area contributed by atoms with Crippen molar-refractivity contribution in [2.45, 2.75) is 25.3 Å². The van der Waals surface area contributed by atoms with E-state index >= 15 is 0 Å². The van der Waals surface area contributed by atoms with Crippen molar-refractivity contribution < 1.29 is 4.79 Å². The van der Waals surface area contributed by atoms with Crippen molar-refractivity contribution in [1.29, 1.82) is 0 Å². The second-order valence-corrected chi connectivity index (χ2v) is 4.72. The summed E-state index contributed by atoms with van der Waals surface area (Å²) in [5.74, 6) is 6.35. The van der Waals surface area contributed by atoms with Gasteiger partial charge in [-0.3, -0.25) is 4.79 Å². The summed E-state index contributed by atoms with van der Waals surface area (Å²) in [6, 6.07) is 0.418. The van der Waals surface area contributed by atoms with E-state index in [1.54, 1.807) is 0 Å². The summed E-state index contributed by atoms with van der Waals surface area (Å²) in [5, 5.41) is 0. The monoisotopic (exact) mass is 233 g/mol. The summed E-state index contributed by atoms with van der Waals surface area (Å²) in [4.78, 5) is 22.2. The number of carbonyl (C=O) groups excluding carboxylic acids is 1. The van der Waals surface area contributed by atoms with E-state index in [4.69, 9.17) is 5.84 Å². The molecular formula is C11H15N5O. The predicted molar refractivity (Wildman–Crippen MR) is 62.0 cm³/mol. The lowest BCUT2D eigenvalue weighted by atomic mass is 10.1. The number of anilines is 1. The lowest BCUT2D eigenvalue weighted by molar-refractivity contribution is 0.0697. The average Bonchev–Trinajstić information content (AvgIpc) is 3.00. The molecule has 90 valence electrons. The van der Waals surface area contributed by atoms with E-state index < -0.39 is 0 Å². The van der Waals surface area contributed by atoms with Crippen LogP contribution < -0.4 is 11.3 Å². The molecule has 2 unspecified atom stereocenters. The van der Waals surface area contributed by atoms with Crippen LogP contribution >= 0.6 is 0 Å². The first-order chi connectivity index (χ1) is 8.28. The van der Waals surface area contributed by atoms with E-state index in [-0.39, 0.29) is 5.91 Å². The molecule has 3 rings (SSSR count). The number of nitrogens with two attached hydrogens (primary N) is 1. The van der Waals surface area contributed by atoms with Crippen molar-refractivity contribution in [3.63, 3.8) is 0 Å². The number of amides is 1. The zero-order valence-corrected chi connectivity index (χ0v) is 9.47. The highest BCUT2D eigenvalue weighted by Gasteiger charge is 2.40. The van der Waals surface area contributed by atoms with Gasteiger partial charge in [0.25, 0.3) is 5.91 Å². The van der Waals surface area contributed by atoms with E-state index in [0.29, 0.717) is 23.5 Å². The molecule has 0 spiro atoms. The first-order valence-electron chi connectivity index (χ1n) is 5.87. The van der Waals surface area contributed by atoms with E-state index in [1.807, 2.05) is 4.90 Å². The standard InChI is InChI=1S/C11H15N5O/c12-15-10-5-13-9(4-14-10)11(17)16-6-7-1-2-8(16)3-7/h4-5,7-8H,1-3,6,12H2,(H,14,15). The third-order valence-corrected chi connectivity index (χ3v) is 3.69. The fraction of sp³-hybridized carbons (Fsp3) is 0.545. The first-order valence-corrected chi connectivity index (χ1v) is 5.87. The summed E-state index contributed by atoms with van der Waals surface area (Å²) in [5.41, 5.74) is 2.79. The molecule has 0 radical (unpaired) electrons. The maximum absolute atomic E-state index is 12.2. The highest BCUT2D eigenvalue weighted by molar-refractivity contribution is 5.92. The molecule has 2 bridgehead atoms. The molecule has 1 saturated carbocycles. The lowest BCUT2D eigenvalue weighted by Gasteiger charge is -2.26. The van der Waals surface area contributed by atoms with E-state index in [0.717, 1.165) is 19.4 Å². The number of hydrogen-bond donors (Lipinski definition) is 2. The van der Waals surface area contributed by atoms with Crippen molar-refractivity contribution in [1.82, 2.24) is 14.9 Å². The highest BCUT2D eigenvalue weighted by Crippen LogP contribution is 2.37. The Hall–Kier alpha value is -1.69. The molecule has 2 heterocycles. The Morgan fingerprint density at radius 3 is 2.82 bits per heavy atom. The summed E-state index contributed by atoms with van der Waals surface area (Å²) < 4.78 is 0. The molecule has 2 atom stereocenters. The number of carbonyl (C=O) groups is 1. The van der Waals surface area contributed by atoms with Gasteiger partial charge in [-0.1, -0.05) is 0 Å². The average molecular weight is 233 g/mol. The van der Waals surface area contributed by atoms with Gasteiger partial charge in [-0.2, -0.15) is 0 Å². The maximum atomic E-state index is 12.2. The van der Waals surface area contributed by atoms with Crippen LogP contribution in [0.4, 0.5) is 5.82 Å². The van der Waals surface area contributed by atoms with Crippen LogP contribution in [0.15, 0.2) is 12.4 Å². The first kappa shape index (κ1) is 10.5. The largest absolute Gasteiger partial charge is 0.334 e. The van der Waals surface area contributed by atoms with Gasteiger partial charge in [0.2, 0.25) is 0 Å². The van der Waals surface area contributed by atoms with Gasteiger partial charge in [-0.15, -0.1) is 0 Å². The normalized spacial score (nSPS) is 26.3. The van der Waals surface area contributed by atoms with Gasteiger partial charge in [0.1, 0.15) is 5.69 Å². The molecule has 1 aliphatic carbocycles. The zero-order valence-electron chi connectivity index (χ0n) is 9.47. The quantitative estimate of drug-likeness (QED) is 0.570. The SMILES string of the molecule is NNc1cnc(C(=O)N2CC3CCC2C3)cn1. The molecule has 1 aromatic heterocycles. The Bertz CT molecular complexity index is 432. The van der Waals surface area contributed by atoms with Gasteiger partial charge >= 0.3 is 0 Å². The molecule has 6 heteroatoms. The molecule has 1 saturated heterocycles. The zero-order chi connectivity index (χ0) is 11.8. The molecule has 1 amide bonds. The molecule has 6 nitrogen and oxygen atoms in total. The predicted octanol–water partition coefficient (Wildman–Crippen LogP) is 0.387. The number of hydrazine groups is 1. The Labute approximate surface area is 99.2 Å². The summed E-state index contributed by atoms with van der Waals surface area (Å²) in [6.07, 6.45) is 6.50. The van der Waals surface area contributed by atoms with Crippen LogP contribution in [0.25, 0.3) is 0 Å². The van der Waals surface area contributed by atoms with Crippen molar-refractivity contribution in [3.8, 4) is 0 Å². The van der Waals surface area contributed by atoms with E-state index in [1.165, 1.54) is 18.8 Å². The van der Waals surface area contributed by atoms with E-state index in [2.05, 4.69) is 15.4 Å². The number of nitrogen functional groups attached to an aromatic ring is 1. The molecule has 2 fully saturated rings. The Balaban J connectivity index is 1.77. The fourth-order valence-electron chi connectivity index (χ4n) is 2.83. The van der Waals surface area contributed by atoms with Crippen molar-refractivity contribution in [2.75, 3.05) is 12.0 Å². The number of piperidine rings is 1. The van der Waals surface area contributed by atoms with Crippen molar-refractivity contribution in [2.24, 2.45) is 11.8 Å². The summed E-state index contributed by atoms with van der Waals surface area (Å²) in [6.45, 7) is 0.877. The van der Waals surface area contributed by atoms with Crippen LogP contribution in [0, 0.1) is 5.92 Å². The topological polar surface area (TPSA) is 84.1 Å². The summed E-state index contributed by atoms with van der Waals surface area (Å²) in [7, 11) is 0. The smallest absolute Gasteiger partial charge is 0.274 e. The second kappa shape index (κ2) is 3.96. The van der Waals surface area contributed by atoms with Crippen LogP contribution in [-0.2, 0) is 0 Å². The van der Waals surface area contributed by atoms with Gasteiger partial charge < -0.3 is 10.3 Å². The lowest BCUT2D eigenvalue weighted by Crippen LogP contribution is -2.38.